The minimum absolute atomic E-state index is 0.0695. The maximum atomic E-state index is 11.1. The van der Waals surface area contributed by atoms with Crippen LogP contribution in [0.3, 0.4) is 0 Å². The number of allylic oxidation sites excluding steroid dienone is 2. The van der Waals surface area contributed by atoms with E-state index in [1.54, 1.807) is 5.57 Å². The molecule has 0 aliphatic heterocycles. The van der Waals surface area contributed by atoms with E-state index < -0.39 is 0 Å². The third-order valence-electron chi connectivity index (χ3n) is 10.2. The fourth-order valence-electron chi connectivity index (χ4n) is 8.76. The first-order valence-corrected chi connectivity index (χ1v) is 12.8. The van der Waals surface area contributed by atoms with Crippen molar-refractivity contribution in [2.24, 2.45) is 46.3 Å². The quantitative estimate of drug-likeness (QED) is 0.529. The molecule has 0 aromatic carbocycles. The molecular formula is C27H46O3. The lowest BCUT2D eigenvalue weighted by Gasteiger charge is -2.58. The summed E-state index contributed by atoms with van der Waals surface area (Å²) in [6.45, 7) is 11.7. The Bertz CT molecular complexity index is 656. The van der Waals surface area contributed by atoms with Crippen molar-refractivity contribution < 1.29 is 15.3 Å². The van der Waals surface area contributed by atoms with E-state index in [4.69, 9.17) is 0 Å². The van der Waals surface area contributed by atoms with Crippen LogP contribution in [-0.2, 0) is 0 Å². The summed E-state index contributed by atoms with van der Waals surface area (Å²) >= 11 is 0. The van der Waals surface area contributed by atoms with Crippen molar-refractivity contribution in [1.29, 1.82) is 0 Å². The fourth-order valence-corrected chi connectivity index (χ4v) is 8.76. The van der Waals surface area contributed by atoms with Gasteiger partial charge in [-0.1, -0.05) is 46.3 Å². The Morgan fingerprint density at radius 1 is 1.00 bits per heavy atom. The highest BCUT2D eigenvalue weighted by molar-refractivity contribution is 5.30. The lowest BCUT2D eigenvalue weighted by Crippen LogP contribution is -2.53. The molecule has 4 aliphatic carbocycles. The fraction of sp³-hybridized carbons (Fsp3) is 0.926. The molecule has 3 heteroatoms. The van der Waals surface area contributed by atoms with Crippen LogP contribution in [0.15, 0.2) is 11.6 Å². The van der Waals surface area contributed by atoms with Gasteiger partial charge in [-0.2, -0.15) is 0 Å². The molecule has 0 amide bonds. The smallest absolute Gasteiger partial charge is 0.0583 e. The molecule has 3 unspecified atom stereocenters. The summed E-state index contributed by atoms with van der Waals surface area (Å²) in [6, 6.07) is 0. The number of aliphatic hydroxyl groups excluding tert-OH is 3. The highest BCUT2D eigenvalue weighted by Gasteiger charge is 2.59. The van der Waals surface area contributed by atoms with E-state index in [-0.39, 0.29) is 29.6 Å². The number of aliphatic hydroxyl groups is 3. The van der Waals surface area contributed by atoms with Crippen molar-refractivity contribution in [1.82, 2.24) is 0 Å². The molecule has 0 aromatic heterocycles. The summed E-state index contributed by atoms with van der Waals surface area (Å²) in [4.78, 5) is 0. The number of fused-ring (bicyclic) bond motifs is 5. The first-order valence-electron chi connectivity index (χ1n) is 12.8. The normalized spacial score (nSPS) is 47.8. The predicted molar refractivity (Wildman–Crippen MR) is 122 cm³/mol. The van der Waals surface area contributed by atoms with Gasteiger partial charge in [0, 0.05) is 0 Å². The Morgan fingerprint density at radius 3 is 2.43 bits per heavy atom. The third-order valence-corrected chi connectivity index (χ3v) is 10.2. The number of hydrogen-bond acceptors (Lipinski definition) is 3. The molecule has 0 saturated heterocycles. The molecule has 3 fully saturated rings. The van der Waals surface area contributed by atoms with Crippen molar-refractivity contribution in [2.75, 3.05) is 0 Å². The minimum atomic E-state index is -0.279. The number of hydrogen-bond donors (Lipinski definition) is 3. The van der Waals surface area contributed by atoms with Gasteiger partial charge in [0.2, 0.25) is 0 Å². The first kappa shape index (κ1) is 22.8. The maximum absolute atomic E-state index is 11.1. The van der Waals surface area contributed by atoms with Crippen LogP contribution in [-0.4, -0.2) is 33.6 Å². The molecule has 30 heavy (non-hydrogen) atoms. The molecule has 0 radical (unpaired) electrons. The van der Waals surface area contributed by atoms with Gasteiger partial charge in [0.05, 0.1) is 18.3 Å². The molecule has 0 aromatic rings. The Hall–Kier alpha value is -0.380. The van der Waals surface area contributed by atoms with Crippen molar-refractivity contribution in [3.05, 3.63) is 11.6 Å². The van der Waals surface area contributed by atoms with Gasteiger partial charge in [-0.25, -0.2) is 0 Å². The zero-order valence-corrected chi connectivity index (χ0v) is 20.0. The van der Waals surface area contributed by atoms with Crippen molar-refractivity contribution in [2.45, 2.75) is 111 Å². The monoisotopic (exact) mass is 418 g/mol. The molecule has 0 spiro atoms. The average Bonchev–Trinajstić information content (AvgIpc) is 3.00. The molecule has 3 saturated carbocycles. The van der Waals surface area contributed by atoms with Gasteiger partial charge in [0.1, 0.15) is 0 Å². The van der Waals surface area contributed by atoms with E-state index >= 15 is 0 Å². The molecule has 4 aliphatic rings. The summed E-state index contributed by atoms with van der Waals surface area (Å²) in [7, 11) is 0. The van der Waals surface area contributed by atoms with E-state index in [0.29, 0.717) is 35.0 Å². The van der Waals surface area contributed by atoms with E-state index in [9.17, 15) is 15.3 Å². The summed E-state index contributed by atoms with van der Waals surface area (Å²) in [5.74, 6) is 3.14. The largest absolute Gasteiger partial charge is 0.393 e. The van der Waals surface area contributed by atoms with Crippen molar-refractivity contribution in [3.8, 4) is 0 Å². The van der Waals surface area contributed by atoms with E-state index in [1.165, 1.54) is 12.8 Å². The van der Waals surface area contributed by atoms with Crippen LogP contribution >= 0.6 is 0 Å². The second-order valence-electron chi connectivity index (χ2n) is 12.5. The second-order valence-corrected chi connectivity index (χ2v) is 12.5. The van der Waals surface area contributed by atoms with Gasteiger partial charge in [-0.15, -0.1) is 0 Å². The summed E-state index contributed by atoms with van der Waals surface area (Å²) in [5.41, 5.74) is 1.99. The van der Waals surface area contributed by atoms with Gasteiger partial charge in [0.15, 0.2) is 0 Å². The summed E-state index contributed by atoms with van der Waals surface area (Å²) in [5, 5.41) is 31.9. The van der Waals surface area contributed by atoms with E-state index in [1.807, 2.05) is 0 Å². The topological polar surface area (TPSA) is 60.7 Å². The predicted octanol–water partition coefficient (Wildman–Crippen LogP) is 5.33. The SMILES string of the molecule is CC(C)CC(O)CC(C)[C@H]1CC[C@H]2C3C[C@H](O)[C@H]4C[C@@H](O)CC[C@]4(C)C3=CC[C@]12C. The summed E-state index contributed by atoms with van der Waals surface area (Å²) in [6.07, 6.45) is 10.9. The lowest BCUT2D eigenvalue weighted by molar-refractivity contribution is -0.0831. The first-order chi connectivity index (χ1) is 14.1. The van der Waals surface area contributed by atoms with E-state index in [0.717, 1.165) is 44.9 Å². The highest BCUT2D eigenvalue weighted by atomic mass is 16.3. The van der Waals surface area contributed by atoms with Gasteiger partial charge >= 0.3 is 0 Å². The molecule has 172 valence electrons. The average molecular weight is 419 g/mol. The van der Waals surface area contributed by atoms with Crippen molar-refractivity contribution >= 4 is 0 Å². The van der Waals surface area contributed by atoms with Gasteiger partial charge in [-0.3, -0.25) is 0 Å². The van der Waals surface area contributed by atoms with Crippen LogP contribution in [0, 0.1) is 46.3 Å². The van der Waals surface area contributed by atoms with Crippen LogP contribution in [0.2, 0.25) is 0 Å². The van der Waals surface area contributed by atoms with Gasteiger partial charge < -0.3 is 15.3 Å². The summed E-state index contributed by atoms with van der Waals surface area (Å²) < 4.78 is 0. The van der Waals surface area contributed by atoms with Crippen LogP contribution in [0.1, 0.15) is 92.4 Å². The van der Waals surface area contributed by atoms with Gasteiger partial charge in [-0.05, 0) is 104 Å². The Kier molecular flexibility index (Phi) is 6.23. The van der Waals surface area contributed by atoms with Crippen LogP contribution in [0.25, 0.3) is 0 Å². The van der Waals surface area contributed by atoms with Crippen LogP contribution in [0.5, 0.6) is 0 Å². The molecule has 10 atom stereocenters. The Labute approximate surface area is 184 Å². The molecule has 4 rings (SSSR count). The molecule has 3 N–H and O–H groups in total. The molecule has 3 nitrogen and oxygen atoms in total. The minimum Gasteiger partial charge on any atom is -0.393 e. The molecule has 0 bridgehead atoms. The lowest BCUT2D eigenvalue weighted by atomic mass is 9.47. The molecule has 0 heterocycles. The van der Waals surface area contributed by atoms with Crippen LogP contribution < -0.4 is 0 Å². The van der Waals surface area contributed by atoms with Crippen molar-refractivity contribution in [3.63, 3.8) is 0 Å². The van der Waals surface area contributed by atoms with Gasteiger partial charge in [0.25, 0.3) is 0 Å². The standard InChI is InChI=1S/C27H46O3/c1-16(2)12-19(29)13-17(3)21-6-7-22-20-15-25(30)24-14-18(28)8-10-27(24,5)23(20)9-11-26(21,22)4/h9,16-22,24-25,28-30H,6-8,10-15H2,1-5H3/t17?,18-,19?,20?,21+,22-,24+,25-,26+,27+/m0/s1. The molecular weight excluding hydrogens is 372 g/mol. The second kappa shape index (κ2) is 8.19. The van der Waals surface area contributed by atoms with Crippen LogP contribution in [0.4, 0.5) is 0 Å². The zero-order valence-electron chi connectivity index (χ0n) is 20.0. The van der Waals surface area contributed by atoms with E-state index in [2.05, 4.69) is 40.7 Å². The Balaban J connectivity index is 1.55. The highest BCUT2D eigenvalue weighted by Crippen LogP contribution is 2.66. The third kappa shape index (κ3) is 3.71. The maximum Gasteiger partial charge on any atom is 0.0583 e. The Morgan fingerprint density at radius 2 is 1.73 bits per heavy atom. The number of rotatable bonds is 5. The zero-order chi connectivity index (χ0) is 21.8.